The number of amides is 1. The third-order valence-corrected chi connectivity index (χ3v) is 5.19. The van der Waals surface area contributed by atoms with Crippen LogP contribution in [0.2, 0.25) is 0 Å². The second-order valence-corrected chi connectivity index (χ2v) is 7.17. The maximum Gasteiger partial charge on any atom is 0.259 e. The van der Waals surface area contributed by atoms with Gasteiger partial charge in [0, 0.05) is 6.54 Å². The van der Waals surface area contributed by atoms with E-state index in [9.17, 15) is 13.2 Å². The van der Waals surface area contributed by atoms with E-state index in [0.29, 0.717) is 12.1 Å². The molecule has 1 rings (SSSR count). The fraction of sp³-hybridized carbons (Fsp3) is 0.727. The van der Waals surface area contributed by atoms with E-state index in [1.165, 1.54) is 13.8 Å². The van der Waals surface area contributed by atoms with Crippen LogP contribution in [0.15, 0.2) is 12.2 Å². The fourth-order valence-corrected chi connectivity index (χ4v) is 3.16. The Balaban J connectivity index is 2.55. The van der Waals surface area contributed by atoms with Gasteiger partial charge in [-0.15, -0.1) is 0 Å². The van der Waals surface area contributed by atoms with Crippen molar-refractivity contribution in [3.05, 3.63) is 12.2 Å². The monoisotopic (exact) mass is 260 g/mol. The van der Waals surface area contributed by atoms with E-state index in [2.05, 4.69) is 11.9 Å². The Hall–Kier alpha value is -0.880. The molecule has 0 aromatic carbocycles. The first-order valence-electron chi connectivity index (χ1n) is 5.69. The summed E-state index contributed by atoms with van der Waals surface area (Å²) in [5.74, 6) is -0.353. The predicted molar refractivity (Wildman–Crippen MR) is 67.0 cm³/mol. The van der Waals surface area contributed by atoms with Gasteiger partial charge in [0.05, 0.1) is 6.54 Å². The summed E-state index contributed by atoms with van der Waals surface area (Å²) in [5, 5.41) is 3.12. The molecule has 6 heteroatoms. The van der Waals surface area contributed by atoms with Gasteiger partial charge in [0.15, 0.2) is 4.75 Å². The lowest BCUT2D eigenvalue weighted by Crippen LogP contribution is -2.67. The molecule has 5 nitrogen and oxygen atoms in total. The van der Waals surface area contributed by atoms with Crippen LogP contribution in [0.3, 0.4) is 0 Å². The first kappa shape index (κ1) is 14.2. The quantitative estimate of drug-likeness (QED) is 0.557. The van der Waals surface area contributed by atoms with E-state index in [4.69, 9.17) is 0 Å². The molecule has 0 aromatic rings. The van der Waals surface area contributed by atoms with Gasteiger partial charge in [-0.25, -0.2) is 12.7 Å². The Bertz CT molecular complexity index is 426. The van der Waals surface area contributed by atoms with Crippen molar-refractivity contribution in [2.24, 2.45) is 0 Å². The Labute approximate surface area is 103 Å². The van der Waals surface area contributed by atoms with Gasteiger partial charge < -0.3 is 5.32 Å². The van der Waals surface area contributed by atoms with E-state index < -0.39 is 14.8 Å². The number of hydrogen-bond acceptors (Lipinski definition) is 4. The molecule has 17 heavy (non-hydrogen) atoms. The molecule has 1 amide bonds. The second-order valence-electron chi connectivity index (χ2n) is 4.75. The molecule has 1 aliphatic heterocycles. The summed E-state index contributed by atoms with van der Waals surface area (Å²) in [7, 11) is -3.48. The van der Waals surface area contributed by atoms with Gasteiger partial charge in [0.25, 0.3) is 15.9 Å². The number of carbonyl (C=O) groups excluding carboxylic acids is 1. The average Bonchev–Trinajstić information content (AvgIpc) is 2.25. The van der Waals surface area contributed by atoms with Crippen molar-refractivity contribution in [3.8, 4) is 0 Å². The van der Waals surface area contributed by atoms with Crippen LogP contribution in [0.5, 0.6) is 0 Å². The first-order valence-corrected chi connectivity index (χ1v) is 7.13. The zero-order valence-corrected chi connectivity index (χ0v) is 11.4. The number of carbonyl (C=O) groups is 1. The van der Waals surface area contributed by atoms with Crippen molar-refractivity contribution in [2.45, 2.75) is 31.9 Å². The van der Waals surface area contributed by atoms with Crippen molar-refractivity contribution in [3.63, 3.8) is 0 Å². The summed E-state index contributed by atoms with van der Waals surface area (Å²) in [6.07, 6.45) is 1.00. The zero-order valence-electron chi connectivity index (χ0n) is 10.6. The van der Waals surface area contributed by atoms with E-state index in [0.717, 1.165) is 17.3 Å². The molecule has 0 saturated carbocycles. The van der Waals surface area contributed by atoms with Crippen molar-refractivity contribution < 1.29 is 13.2 Å². The van der Waals surface area contributed by atoms with E-state index >= 15 is 0 Å². The van der Waals surface area contributed by atoms with E-state index in [-0.39, 0.29) is 12.5 Å². The highest BCUT2D eigenvalue weighted by molar-refractivity contribution is 7.94. The van der Waals surface area contributed by atoms with Crippen LogP contribution in [-0.2, 0) is 14.8 Å². The highest BCUT2D eigenvalue weighted by atomic mass is 32.2. The van der Waals surface area contributed by atoms with Crippen LogP contribution in [0.4, 0.5) is 0 Å². The standard InChI is InChI=1S/C11H20N2O3S/c1-5-6-12-7-9(2)8-13-10(14)11(3,4)17(13,15)16/h12H,2,5-8H2,1,3-4H3. The van der Waals surface area contributed by atoms with Gasteiger partial charge in [-0.1, -0.05) is 13.5 Å². The van der Waals surface area contributed by atoms with Crippen molar-refractivity contribution in [1.29, 1.82) is 0 Å². The molecule has 98 valence electrons. The highest BCUT2D eigenvalue weighted by Gasteiger charge is 2.59. The van der Waals surface area contributed by atoms with Crippen LogP contribution in [-0.4, -0.2) is 43.0 Å². The van der Waals surface area contributed by atoms with E-state index in [1.807, 2.05) is 6.92 Å². The van der Waals surface area contributed by atoms with Crippen molar-refractivity contribution >= 4 is 15.9 Å². The molecule has 1 fully saturated rings. The molecule has 0 atom stereocenters. The molecule has 0 aromatic heterocycles. The van der Waals surface area contributed by atoms with Gasteiger partial charge >= 0.3 is 0 Å². The van der Waals surface area contributed by atoms with E-state index in [1.54, 1.807) is 0 Å². The minimum Gasteiger partial charge on any atom is -0.313 e. The smallest absolute Gasteiger partial charge is 0.259 e. The molecule has 0 bridgehead atoms. The third-order valence-electron chi connectivity index (χ3n) is 2.85. The Morgan fingerprint density at radius 1 is 1.47 bits per heavy atom. The Morgan fingerprint density at radius 2 is 2.06 bits per heavy atom. The topological polar surface area (TPSA) is 66.5 Å². The van der Waals surface area contributed by atoms with Crippen LogP contribution < -0.4 is 5.32 Å². The van der Waals surface area contributed by atoms with Gasteiger partial charge in [0.1, 0.15) is 0 Å². The molecule has 0 spiro atoms. The van der Waals surface area contributed by atoms with Crippen LogP contribution in [0, 0.1) is 0 Å². The normalized spacial score (nSPS) is 21.1. The molecule has 0 unspecified atom stereocenters. The number of rotatable bonds is 6. The zero-order chi connectivity index (χ0) is 13.3. The van der Waals surface area contributed by atoms with Crippen molar-refractivity contribution in [1.82, 2.24) is 9.62 Å². The van der Waals surface area contributed by atoms with Gasteiger partial charge in [-0.05, 0) is 32.4 Å². The number of nitrogens with zero attached hydrogens (tertiary/aromatic N) is 1. The summed E-state index contributed by atoms with van der Waals surface area (Å²) >= 11 is 0. The van der Waals surface area contributed by atoms with Gasteiger partial charge in [0.2, 0.25) is 0 Å². The molecule has 1 N–H and O–H groups in total. The first-order chi connectivity index (χ1) is 7.75. The lowest BCUT2D eigenvalue weighted by molar-refractivity contribution is -0.131. The van der Waals surface area contributed by atoms with Crippen molar-refractivity contribution in [2.75, 3.05) is 19.6 Å². The molecule has 0 aliphatic carbocycles. The molecule has 1 aliphatic rings. The third kappa shape index (κ3) is 2.37. The van der Waals surface area contributed by atoms with Gasteiger partial charge in [-0.3, -0.25) is 4.79 Å². The maximum atomic E-state index is 11.8. The number of hydrogen-bond donors (Lipinski definition) is 1. The average molecular weight is 260 g/mol. The molecule has 1 heterocycles. The predicted octanol–water partition coefficient (Wildman–Crippen LogP) is 0.493. The maximum absolute atomic E-state index is 11.8. The SMILES string of the molecule is C=C(CNCCC)CN1C(=O)C(C)(C)S1(=O)=O. The molecule has 1 saturated heterocycles. The fourth-order valence-electron chi connectivity index (χ4n) is 1.61. The lowest BCUT2D eigenvalue weighted by atomic mass is 10.1. The second kappa shape index (κ2) is 4.78. The highest BCUT2D eigenvalue weighted by Crippen LogP contribution is 2.34. The number of sulfonamides is 1. The summed E-state index contributed by atoms with van der Waals surface area (Å²) in [6.45, 7) is 10.2. The largest absolute Gasteiger partial charge is 0.313 e. The van der Waals surface area contributed by atoms with Crippen LogP contribution >= 0.6 is 0 Å². The molecule has 0 radical (unpaired) electrons. The van der Waals surface area contributed by atoms with Crippen LogP contribution in [0.1, 0.15) is 27.2 Å². The molecular weight excluding hydrogens is 240 g/mol. The minimum absolute atomic E-state index is 0.0846. The summed E-state index contributed by atoms with van der Waals surface area (Å²) < 4.78 is 23.2. The van der Waals surface area contributed by atoms with Crippen LogP contribution in [0.25, 0.3) is 0 Å². The Kier molecular flexibility index (Phi) is 3.99. The number of nitrogens with one attached hydrogen (secondary N) is 1. The van der Waals surface area contributed by atoms with Gasteiger partial charge in [-0.2, -0.15) is 0 Å². The lowest BCUT2D eigenvalue weighted by Gasteiger charge is -2.43. The minimum atomic E-state index is -3.48. The summed E-state index contributed by atoms with van der Waals surface area (Å²) in [5.41, 5.74) is 0.700. The summed E-state index contributed by atoms with van der Waals surface area (Å²) in [6, 6.07) is 0. The summed E-state index contributed by atoms with van der Waals surface area (Å²) in [4.78, 5) is 11.6. The Morgan fingerprint density at radius 3 is 2.53 bits per heavy atom. The molecular formula is C11H20N2O3S.